The zero-order valence-corrected chi connectivity index (χ0v) is 14.8. The molecule has 0 aliphatic carbocycles. The summed E-state index contributed by atoms with van der Waals surface area (Å²) >= 11 is 0. The molecule has 5 rings (SSSR count). The molecule has 6 nitrogen and oxygen atoms in total. The fourth-order valence-corrected chi connectivity index (χ4v) is 3.26. The lowest BCUT2D eigenvalue weighted by Crippen LogP contribution is -2.23. The van der Waals surface area contributed by atoms with E-state index in [-0.39, 0.29) is 18.4 Å². The maximum absolute atomic E-state index is 12.7. The Hall–Kier alpha value is -3.80. The average molecular weight is 372 g/mol. The molecular weight excluding hydrogens is 356 g/mol. The second-order valence-electron chi connectivity index (χ2n) is 6.46. The highest BCUT2D eigenvalue weighted by Crippen LogP contribution is 2.32. The average Bonchev–Trinajstić information content (AvgIpc) is 3.40. The number of fused-ring (bicyclic) bond motifs is 2. The molecule has 0 bridgehead atoms. The van der Waals surface area contributed by atoms with Gasteiger partial charge in [0.05, 0.1) is 0 Å². The van der Waals surface area contributed by atoms with Gasteiger partial charge in [-0.15, -0.1) is 0 Å². The van der Waals surface area contributed by atoms with Gasteiger partial charge in [-0.2, -0.15) is 0 Å². The molecule has 0 atom stereocenters. The van der Waals surface area contributed by atoms with Crippen molar-refractivity contribution in [2.45, 2.75) is 6.54 Å². The van der Waals surface area contributed by atoms with Gasteiger partial charge in [-0.1, -0.05) is 42.5 Å². The van der Waals surface area contributed by atoms with Gasteiger partial charge in [-0.3, -0.25) is 4.79 Å². The number of rotatable bonds is 4. The Morgan fingerprint density at radius 2 is 1.82 bits per heavy atom. The summed E-state index contributed by atoms with van der Waals surface area (Å²) in [5.74, 6) is 1.55. The van der Waals surface area contributed by atoms with Gasteiger partial charge in [0.25, 0.3) is 5.91 Å². The molecule has 138 valence electrons. The lowest BCUT2D eigenvalue weighted by atomic mass is 10.0. The van der Waals surface area contributed by atoms with Crippen molar-refractivity contribution in [2.75, 3.05) is 6.79 Å². The van der Waals surface area contributed by atoms with Crippen molar-refractivity contribution >= 4 is 16.7 Å². The molecule has 0 spiro atoms. The largest absolute Gasteiger partial charge is 0.454 e. The molecule has 0 unspecified atom stereocenters. The van der Waals surface area contributed by atoms with Crippen LogP contribution in [0.2, 0.25) is 0 Å². The maximum atomic E-state index is 12.7. The number of ether oxygens (including phenoxy) is 2. The van der Waals surface area contributed by atoms with Crippen molar-refractivity contribution in [2.24, 2.45) is 0 Å². The quantitative estimate of drug-likeness (QED) is 0.582. The van der Waals surface area contributed by atoms with Crippen LogP contribution in [0.25, 0.3) is 22.1 Å². The van der Waals surface area contributed by atoms with E-state index in [4.69, 9.17) is 13.9 Å². The lowest BCUT2D eigenvalue weighted by molar-refractivity contribution is 0.0946. The zero-order valence-electron chi connectivity index (χ0n) is 14.8. The molecule has 3 aromatic carbocycles. The third-order valence-corrected chi connectivity index (χ3v) is 4.68. The van der Waals surface area contributed by atoms with Crippen LogP contribution in [0.4, 0.5) is 0 Å². The van der Waals surface area contributed by atoms with E-state index in [1.165, 1.54) is 6.39 Å². The van der Waals surface area contributed by atoms with E-state index in [0.29, 0.717) is 23.8 Å². The molecule has 0 saturated carbocycles. The van der Waals surface area contributed by atoms with Gasteiger partial charge < -0.3 is 19.2 Å². The summed E-state index contributed by atoms with van der Waals surface area (Å²) in [5, 5.41) is 5.08. The van der Waals surface area contributed by atoms with Crippen molar-refractivity contribution < 1.29 is 18.7 Å². The molecule has 2 heterocycles. The molecule has 0 fully saturated rings. The number of carbonyl (C=O) groups excluding carboxylic acids is 1. The van der Waals surface area contributed by atoms with Crippen molar-refractivity contribution in [1.82, 2.24) is 10.3 Å². The molecule has 28 heavy (non-hydrogen) atoms. The predicted molar refractivity (Wildman–Crippen MR) is 103 cm³/mol. The van der Waals surface area contributed by atoms with E-state index in [0.717, 1.165) is 21.9 Å². The zero-order chi connectivity index (χ0) is 18.9. The molecule has 1 amide bonds. The van der Waals surface area contributed by atoms with Gasteiger partial charge in [-0.05, 0) is 34.5 Å². The van der Waals surface area contributed by atoms with Crippen LogP contribution in [-0.2, 0) is 6.54 Å². The Morgan fingerprint density at radius 3 is 2.75 bits per heavy atom. The maximum Gasteiger partial charge on any atom is 0.274 e. The fourth-order valence-electron chi connectivity index (χ4n) is 3.26. The second kappa shape index (κ2) is 6.74. The number of hydrogen-bond acceptors (Lipinski definition) is 5. The molecule has 1 aliphatic heterocycles. The highest BCUT2D eigenvalue weighted by atomic mass is 16.7. The lowest BCUT2D eigenvalue weighted by Gasteiger charge is -2.06. The minimum Gasteiger partial charge on any atom is -0.454 e. The Kier molecular flexibility index (Phi) is 3.94. The first-order chi connectivity index (χ1) is 13.8. The van der Waals surface area contributed by atoms with Gasteiger partial charge in [0.2, 0.25) is 6.79 Å². The van der Waals surface area contributed by atoms with Crippen LogP contribution in [0.3, 0.4) is 0 Å². The smallest absolute Gasteiger partial charge is 0.274 e. The van der Waals surface area contributed by atoms with Crippen LogP contribution in [-0.4, -0.2) is 17.7 Å². The summed E-state index contributed by atoms with van der Waals surface area (Å²) in [4.78, 5) is 16.8. The fraction of sp³-hybridized carbons (Fsp3) is 0.0909. The van der Waals surface area contributed by atoms with Crippen molar-refractivity contribution in [3.63, 3.8) is 0 Å². The molecule has 0 radical (unpaired) electrons. The number of aromatic nitrogens is 1. The molecule has 1 aromatic heterocycles. The van der Waals surface area contributed by atoms with E-state index >= 15 is 0 Å². The van der Waals surface area contributed by atoms with Crippen LogP contribution >= 0.6 is 0 Å². The van der Waals surface area contributed by atoms with Crippen molar-refractivity contribution in [3.8, 4) is 22.8 Å². The summed E-state index contributed by atoms with van der Waals surface area (Å²) in [6.45, 7) is 0.568. The second-order valence-corrected chi connectivity index (χ2v) is 6.46. The number of carbonyl (C=O) groups is 1. The van der Waals surface area contributed by atoms with Gasteiger partial charge in [0, 0.05) is 12.1 Å². The highest BCUT2D eigenvalue weighted by molar-refractivity contribution is 5.98. The number of nitrogens with zero attached hydrogens (tertiary/aromatic N) is 1. The number of nitrogens with one attached hydrogen (secondary N) is 1. The minimum absolute atomic E-state index is 0.221. The topological polar surface area (TPSA) is 73.6 Å². The molecule has 4 aromatic rings. The Labute approximate surface area is 160 Å². The first kappa shape index (κ1) is 16.4. The first-order valence-corrected chi connectivity index (χ1v) is 8.87. The van der Waals surface area contributed by atoms with E-state index in [1.807, 2.05) is 60.7 Å². The Bertz CT molecular complexity index is 1180. The molecular formula is C22H16N2O4. The molecule has 0 saturated heterocycles. The number of oxazole rings is 1. The first-order valence-electron chi connectivity index (χ1n) is 8.87. The van der Waals surface area contributed by atoms with E-state index in [2.05, 4.69) is 10.3 Å². The van der Waals surface area contributed by atoms with Crippen LogP contribution in [0.1, 0.15) is 16.1 Å². The van der Waals surface area contributed by atoms with Gasteiger partial charge in [-0.25, -0.2) is 4.98 Å². The van der Waals surface area contributed by atoms with Crippen LogP contribution in [0.5, 0.6) is 11.5 Å². The summed E-state index contributed by atoms with van der Waals surface area (Å²) < 4.78 is 16.2. The summed E-state index contributed by atoms with van der Waals surface area (Å²) in [6.07, 6.45) is 1.29. The van der Waals surface area contributed by atoms with E-state index in [1.54, 1.807) is 0 Å². The van der Waals surface area contributed by atoms with Crippen molar-refractivity contribution in [3.05, 3.63) is 78.3 Å². The van der Waals surface area contributed by atoms with Crippen LogP contribution in [0.15, 0.2) is 71.5 Å². The number of hydrogen-bond donors (Lipinski definition) is 1. The predicted octanol–water partition coefficient (Wildman–Crippen LogP) is 4.15. The SMILES string of the molecule is O=C(NCc1ccc2c(c1)OCO2)c1ncoc1-c1ccc2ccccc2c1. The summed E-state index contributed by atoms with van der Waals surface area (Å²) in [5.41, 5.74) is 1.98. The third-order valence-electron chi connectivity index (χ3n) is 4.68. The number of benzene rings is 3. The van der Waals surface area contributed by atoms with E-state index < -0.39 is 0 Å². The van der Waals surface area contributed by atoms with Crippen LogP contribution < -0.4 is 14.8 Å². The minimum atomic E-state index is -0.297. The Morgan fingerprint density at radius 1 is 0.964 bits per heavy atom. The Balaban J connectivity index is 1.36. The monoisotopic (exact) mass is 372 g/mol. The summed E-state index contributed by atoms with van der Waals surface area (Å²) in [6, 6.07) is 19.5. The van der Waals surface area contributed by atoms with Gasteiger partial charge >= 0.3 is 0 Å². The third kappa shape index (κ3) is 2.95. The highest BCUT2D eigenvalue weighted by Gasteiger charge is 2.19. The van der Waals surface area contributed by atoms with Gasteiger partial charge in [0.15, 0.2) is 29.3 Å². The molecule has 1 aliphatic rings. The normalized spacial score (nSPS) is 12.3. The van der Waals surface area contributed by atoms with Gasteiger partial charge in [0.1, 0.15) is 0 Å². The molecule has 1 N–H and O–H groups in total. The van der Waals surface area contributed by atoms with Crippen molar-refractivity contribution in [1.29, 1.82) is 0 Å². The standard InChI is InChI=1S/C22H16N2O4/c25-22(23-11-14-5-8-18-19(9-14)28-13-27-18)20-21(26-12-24-20)17-7-6-15-3-1-2-4-16(15)10-17/h1-10,12H,11,13H2,(H,23,25). The van der Waals surface area contributed by atoms with E-state index in [9.17, 15) is 4.79 Å². The molecule has 6 heteroatoms. The summed E-state index contributed by atoms with van der Waals surface area (Å²) in [7, 11) is 0. The van der Waals surface area contributed by atoms with Crippen LogP contribution in [0, 0.1) is 0 Å². The number of amides is 1.